The zero-order chi connectivity index (χ0) is 12.3. The molecule has 4 nitrogen and oxygen atoms in total. The minimum atomic E-state index is -3.93. The van der Waals surface area contributed by atoms with Gasteiger partial charge in [-0.25, -0.2) is 9.53 Å². The molecule has 0 aliphatic heterocycles. The molecule has 1 aromatic carbocycles. The molecule has 0 saturated heterocycles. The van der Waals surface area contributed by atoms with E-state index in [1.54, 1.807) is 6.07 Å². The maximum absolute atomic E-state index is 13.6. The summed E-state index contributed by atoms with van der Waals surface area (Å²) in [7, 11) is -3.93. The first kappa shape index (κ1) is 13.7. The van der Waals surface area contributed by atoms with Crippen molar-refractivity contribution in [2.75, 3.05) is 6.54 Å². The van der Waals surface area contributed by atoms with Gasteiger partial charge in [-0.15, -0.1) is 0 Å². The standard InChI is InChI=1S/C8H9Cl2FN2O2S/c9-5-2-1-3-6(10)8(5)7(11)4-13-16(12,14)15/h1-3,7,13H,4H2,(H2,12,14,15). The van der Waals surface area contributed by atoms with Crippen molar-refractivity contribution in [2.45, 2.75) is 6.17 Å². The number of benzene rings is 1. The molecular weight excluding hydrogens is 278 g/mol. The van der Waals surface area contributed by atoms with Gasteiger partial charge in [-0.1, -0.05) is 29.3 Å². The minimum absolute atomic E-state index is 0.0435. The molecule has 0 amide bonds. The third kappa shape index (κ3) is 3.88. The van der Waals surface area contributed by atoms with Crippen LogP contribution in [0.25, 0.3) is 0 Å². The van der Waals surface area contributed by atoms with E-state index < -0.39 is 22.9 Å². The van der Waals surface area contributed by atoms with E-state index >= 15 is 0 Å². The van der Waals surface area contributed by atoms with E-state index in [2.05, 4.69) is 5.14 Å². The minimum Gasteiger partial charge on any atom is -0.241 e. The zero-order valence-corrected chi connectivity index (χ0v) is 10.3. The Bertz CT molecular complexity index is 461. The Labute approximate surface area is 103 Å². The highest BCUT2D eigenvalue weighted by Gasteiger charge is 2.18. The Kier molecular flexibility index (Phi) is 4.52. The lowest BCUT2D eigenvalue weighted by atomic mass is 10.1. The van der Waals surface area contributed by atoms with Gasteiger partial charge in [0, 0.05) is 22.2 Å². The molecule has 0 aliphatic carbocycles. The summed E-state index contributed by atoms with van der Waals surface area (Å²) < 4.78 is 36.6. The van der Waals surface area contributed by atoms with Crippen molar-refractivity contribution in [3.8, 4) is 0 Å². The second-order valence-electron chi connectivity index (χ2n) is 3.00. The number of halogens is 3. The summed E-state index contributed by atoms with van der Waals surface area (Å²) in [5.41, 5.74) is 0.0435. The zero-order valence-electron chi connectivity index (χ0n) is 7.95. The van der Waals surface area contributed by atoms with E-state index in [4.69, 9.17) is 23.2 Å². The normalized spacial score (nSPS) is 13.8. The highest BCUT2D eigenvalue weighted by Crippen LogP contribution is 2.31. The van der Waals surface area contributed by atoms with Crippen molar-refractivity contribution in [2.24, 2.45) is 5.14 Å². The Morgan fingerprint density at radius 2 is 1.88 bits per heavy atom. The fraction of sp³-hybridized carbons (Fsp3) is 0.250. The number of nitrogens with two attached hydrogens (primary N) is 1. The summed E-state index contributed by atoms with van der Waals surface area (Å²) in [6, 6.07) is 4.49. The van der Waals surface area contributed by atoms with Gasteiger partial charge in [-0.3, -0.25) is 0 Å². The first-order valence-electron chi connectivity index (χ1n) is 4.16. The molecule has 0 fully saturated rings. The van der Waals surface area contributed by atoms with Crippen molar-refractivity contribution in [3.63, 3.8) is 0 Å². The molecule has 16 heavy (non-hydrogen) atoms. The number of nitrogens with one attached hydrogen (secondary N) is 1. The molecule has 0 heterocycles. The third-order valence-corrected chi connectivity index (χ3v) is 3.00. The van der Waals surface area contributed by atoms with Crippen molar-refractivity contribution in [1.29, 1.82) is 0 Å². The van der Waals surface area contributed by atoms with Gasteiger partial charge in [0.15, 0.2) is 0 Å². The monoisotopic (exact) mass is 286 g/mol. The fourth-order valence-electron chi connectivity index (χ4n) is 1.10. The van der Waals surface area contributed by atoms with E-state index in [1.807, 2.05) is 4.72 Å². The highest BCUT2D eigenvalue weighted by atomic mass is 35.5. The van der Waals surface area contributed by atoms with Crippen LogP contribution in [0.5, 0.6) is 0 Å². The average Bonchev–Trinajstić information content (AvgIpc) is 2.13. The number of alkyl halides is 1. The van der Waals surface area contributed by atoms with Crippen LogP contribution in [0.15, 0.2) is 18.2 Å². The van der Waals surface area contributed by atoms with E-state index in [1.165, 1.54) is 12.1 Å². The number of hydrogen-bond donors (Lipinski definition) is 2. The molecule has 3 N–H and O–H groups in total. The van der Waals surface area contributed by atoms with E-state index in [0.29, 0.717) is 0 Å². The van der Waals surface area contributed by atoms with Crippen LogP contribution < -0.4 is 9.86 Å². The van der Waals surface area contributed by atoms with Crippen molar-refractivity contribution < 1.29 is 12.8 Å². The second-order valence-corrected chi connectivity index (χ2v) is 5.19. The van der Waals surface area contributed by atoms with Crippen LogP contribution in [0.3, 0.4) is 0 Å². The Hall–Kier alpha value is -0.400. The molecule has 8 heteroatoms. The SMILES string of the molecule is NS(=O)(=O)NCC(F)c1c(Cl)cccc1Cl. The molecular formula is C8H9Cl2FN2O2S. The van der Waals surface area contributed by atoms with Crippen LogP contribution in [-0.2, 0) is 10.2 Å². The molecule has 0 saturated carbocycles. The summed E-state index contributed by atoms with van der Waals surface area (Å²) in [6.07, 6.45) is -1.65. The van der Waals surface area contributed by atoms with Crippen molar-refractivity contribution in [3.05, 3.63) is 33.8 Å². The molecule has 0 aliphatic rings. The maximum atomic E-state index is 13.6. The van der Waals surface area contributed by atoms with Gasteiger partial charge in [0.25, 0.3) is 10.2 Å². The Morgan fingerprint density at radius 1 is 1.38 bits per heavy atom. The summed E-state index contributed by atoms with van der Waals surface area (Å²) in [5, 5.41) is 4.94. The number of hydrogen-bond acceptors (Lipinski definition) is 2. The van der Waals surface area contributed by atoms with Crippen LogP contribution >= 0.6 is 23.2 Å². The largest absolute Gasteiger partial charge is 0.274 e. The van der Waals surface area contributed by atoms with Crippen molar-refractivity contribution >= 4 is 33.4 Å². The molecule has 0 radical (unpaired) electrons. The lowest BCUT2D eigenvalue weighted by molar-refractivity contribution is 0.343. The quantitative estimate of drug-likeness (QED) is 0.886. The van der Waals surface area contributed by atoms with Gasteiger partial charge in [0.1, 0.15) is 6.17 Å². The van der Waals surface area contributed by atoms with Gasteiger partial charge in [0.2, 0.25) is 0 Å². The van der Waals surface area contributed by atoms with Gasteiger partial charge in [-0.05, 0) is 12.1 Å². The molecule has 1 unspecified atom stereocenters. The smallest absolute Gasteiger partial charge is 0.241 e. The van der Waals surface area contributed by atoms with Gasteiger partial charge < -0.3 is 0 Å². The first-order valence-corrected chi connectivity index (χ1v) is 6.47. The molecule has 0 spiro atoms. The Balaban J connectivity index is 2.85. The third-order valence-electron chi connectivity index (χ3n) is 1.78. The molecule has 90 valence electrons. The van der Waals surface area contributed by atoms with Crippen LogP contribution in [0, 0.1) is 0 Å². The lowest BCUT2D eigenvalue weighted by Crippen LogP contribution is -2.33. The summed E-state index contributed by atoms with van der Waals surface area (Å²) >= 11 is 11.5. The summed E-state index contributed by atoms with van der Waals surface area (Å²) in [5.74, 6) is 0. The van der Waals surface area contributed by atoms with Gasteiger partial charge in [-0.2, -0.15) is 13.1 Å². The van der Waals surface area contributed by atoms with E-state index in [0.717, 1.165) is 0 Å². The summed E-state index contributed by atoms with van der Waals surface area (Å²) in [6.45, 7) is -0.512. The molecule has 1 rings (SSSR count). The van der Waals surface area contributed by atoms with Gasteiger partial charge >= 0.3 is 0 Å². The predicted octanol–water partition coefficient (Wildman–Crippen LogP) is 1.80. The predicted molar refractivity (Wildman–Crippen MR) is 61.4 cm³/mol. The average molecular weight is 287 g/mol. The van der Waals surface area contributed by atoms with Gasteiger partial charge in [0.05, 0.1) is 0 Å². The Morgan fingerprint density at radius 3 is 2.31 bits per heavy atom. The molecule has 1 atom stereocenters. The number of rotatable bonds is 4. The van der Waals surface area contributed by atoms with Crippen molar-refractivity contribution in [1.82, 2.24) is 4.72 Å². The van der Waals surface area contributed by atoms with Crippen LogP contribution in [0.4, 0.5) is 4.39 Å². The topological polar surface area (TPSA) is 72.2 Å². The van der Waals surface area contributed by atoms with Crippen LogP contribution in [0.1, 0.15) is 11.7 Å². The summed E-state index contributed by atoms with van der Waals surface area (Å²) in [4.78, 5) is 0. The highest BCUT2D eigenvalue weighted by molar-refractivity contribution is 7.87. The first-order chi connectivity index (χ1) is 7.31. The maximum Gasteiger partial charge on any atom is 0.274 e. The second kappa shape index (κ2) is 5.29. The molecule has 0 aromatic heterocycles. The fourth-order valence-corrected chi connectivity index (χ4v) is 2.11. The lowest BCUT2D eigenvalue weighted by Gasteiger charge is -2.12. The van der Waals surface area contributed by atoms with Crippen LogP contribution in [-0.4, -0.2) is 15.0 Å². The van der Waals surface area contributed by atoms with E-state index in [-0.39, 0.29) is 15.6 Å². The molecule has 0 bridgehead atoms. The molecule has 1 aromatic rings. The van der Waals surface area contributed by atoms with E-state index in [9.17, 15) is 12.8 Å². The van der Waals surface area contributed by atoms with Crippen LogP contribution in [0.2, 0.25) is 10.0 Å².